The number of nitrogens with two attached hydrogens (primary N) is 1. The van der Waals surface area contributed by atoms with Crippen molar-refractivity contribution in [3.8, 4) is 22.3 Å². The fraction of sp³-hybridized carbons (Fsp3) is 0.320. The third-order valence-corrected chi connectivity index (χ3v) is 6.37. The van der Waals surface area contributed by atoms with Crippen LogP contribution in [0.1, 0.15) is 29.9 Å². The molecule has 1 aliphatic rings. The monoisotopic (exact) mass is 449 g/mol. The first-order valence-electron chi connectivity index (χ1n) is 11.0. The molecular weight excluding hydrogens is 422 g/mol. The average molecular weight is 450 g/mol. The van der Waals surface area contributed by atoms with Gasteiger partial charge >= 0.3 is 0 Å². The molecule has 1 saturated heterocycles. The quantitative estimate of drug-likeness (QED) is 0.625. The second-order valence-corrected chi connectivity index (χ2v) is 8.33. The molecule has 1 aliphatic heterocycles. The van der Waals surface area contributed by atoms with E-state index in [9.17, 15) is 4.79 Å². The number of aryl methyl sites for hydroxylation is 1. The Kier molecular flexibility index (Phi) is 6.72. The highest BCUT2D eigenvalue weighted by molar-refractivity contribution is 6.34. The van der Waals surface area contributed by atoms with Crippen molar-refractivity contribution >= 4 is 23.3 Å². The first-order valence-corrected chi connectivity index (χ1v) is 11.4. The lowest BCUT2D eigenvalue weighted by Gasteiger charge is -2.34. The third kappa shape index (κ3) is 4.47. The molecule has 2 aromatic heterocycles. The van der Waals surface area contributed by atoms with E-state index in [4.69, 9.17) is 17.3 Å². The number of anilines is 1. The minimum Gasteiger partial charge on any atom is -0.384 e. The summed E-state index contributed by atoms with van der Waals surface area (Å²) in [5.74, 6) is 0.465. The molecule has 3 heterocycles. The highest BCUT2D eigenvalue weighted by Gasteiger charge is 2.23. The van der Waals surface area contributed by atoms with Crippen LogP contribution in [-0.4, -0.2) is 58.4 Å². The van der Waals surface area contributed by atoms with Gasteiger partial charge in [0, 0.05) is 55.4 Å². The normalized spacial score (nSPS) is 14.5. The number of benzene rings is 1. The summed E-state index contributed by atoms with van der Waals surface area (Å²) >= 11 is 6.64. The van der Waals surface area contributed by atoms with Crippen molar-refractivity contribution in [3.05, 3.63) is 65.1 Å². The molecule has 1 amide bonds. The Morgan fingerprint density at radius 3 is 2.41 bits per heavy atom. The number of carbonyl (C=O) groups is 1. The van der Waals surface area contributed by atoms with Crippen LogP contribution >= 0.6 is 11.6 Å². The number of likely N-dealkylation sites (N-methyl/N-ethyl adjacent to an activating group) is 1. The Balaban J connectivity index is 1.68. The molecule has 32 heavy (non-hydrogen) atoms. The lowest BCUT2D eigenvalue weighted by atomic mass is 9.93. The number of nitrogens with zero attached hydrogens (tertiary/aromatic N) is 4. The molecule has 0 radical (unpaired) electrons. The molecular formula is C25H28ClN5O. The Bertz CT molecular complexity index is 1110. The van der Waals surface area contributed by atoms with Gasteiger partial charge in [0.1, 0.15) is 5.82 Å². The van der Waals surface area contributed by atoms with Crippen LogP contribution in [0.25, 0.3) is 22.3 Å². The van der Waals surface area contributed by atoms with Crippen LogP contribution in [0.15, 0.2) is 48.8 Å². The molecule has 166 valence electrons. The van der Waals surface area contributed by atoms with E-state index < -0.39 is 0 Å². The molecule has 7 heteroatoms. The topological polar surface area (TPSA) is 75.4 Å². The second kappa shape index (κ2) is 9.67. The van der Waals surface area contributed by atoms with E-state index in [-0.39, 0.29) is 5.91 Å². The number of carbonyl (C=O) groups excluding carboxylic acids is 1. The molecule has 3 aromatic rings. The van der Waals surface area contributed by atoms with Crippen LogP contribution in [0.3, 0.4) is 0 Å². The van der Waals surface area contributed by atoms with Crippen LogP contribution in [0.4, 0.5) is 5.82 Å². The summed E-state index contributed by atoms with van der Waals surface area (Å²) < 4.78 is 0. The van der Waals surface area contributed by atoms with Crippen molar-refractivity contribution in [3.63, 3.8) is 0 Å². The lowest BCUT2D eigenvalue weighted by Crippen LogP contribution is -2.48. The summed E-state index contributed by atoms with van der Waals surface area (Å²) in [6, 6.07) is 11.4. The smallest absolute Gasteiger partial charge is 0.255 e. The van der Waals surface area contributed by atoms with E-state index in [1.165, 1.54) is 0 Å². The van der Waals surface area contributed by atoms with Gasteiger partial charge in [-0.25, -0.2) is 4.98 Å². The van der Waals surface area contributed by atoms with Gasteiger partial charge in [0.15, 0.2) is 0 Å². The maximum atomic E-state index is 13.1. The highest BCUT2D eigenvalue weighted by atomic mass is 35.5. The molecule has 0 aliphatic carbocycles. The van der Waals surface area contributed by atoms with Gasteiger partial charge in [-0.2, -0.15) is 0 Å². The zero-order chi connectivity index (χ0) is 22.7. The van der Waals surface area contributed by atoms with Crippen molar-refractivity contribution < 1.29 is 4.79 Å². The molecule has 0 bridgehead atoms. The Morgan fingerprint density at radius 2 is 1.78 bits per heavy atom. The third-order valence-electron chi connectivity index (χ3n) is 6.06. The molecule has 0 saturated carbocycles. The van der Waals surface area contributed by atoms with E-state index in [1.54, 1.807) is 12.3 Å². The lowest BCUT2D eigenvalue weighted by molar-refractivity contribution is 0.0643. The van der Waals surface area contributed by atoms with Crippen LogP contribution in [0.5, 0.6) is 0 Å². The van der Waals surface area contributed by atoms with Gasteiger partial charge in [0.05, 0.1) is 10.6 Å². The summed E-state index contributed by atoms with van der Waals surface area (Å²) in [7, 11) is 0. The molecule has 0 spiro atoms. The van der Waals surface area contributed by atoms with Gasteiger partial charge < -0.3 is 15.5 Å². The number of piperazine rings is 1. The number of aromatic nitrogens is 2. The summed E-state index contributed by atoms with van der Waals surface area (Å²) in [5, 5.41) is 0.460. The fourth-order valence-electron chi connectivity index (χ4n) is 4.18. The predicted octanol–water partition coefficient (Wildman–Crippen LogP) is 4.39. The van der Waals surface area contributed by atoms with E-state index in [0.717, 1.165) is 67.1 Å². The first kappa shape index (κ1) is 22.2. The van der Waals surface area contributed by atoms with Gasteiger partial charge in [0.2, 0.25) is 0 Å². The Morgan fingerprint density at radius 1 is 1.03 bits per heavy atom. The molecule has 1 aromatic carbocycles. The maximum absolute atomic E-state index is 13.1. The second-order valence-electron chi connectivity index (χ2n) is 7.93. The number of hydrogen-bond donors (Lipinski definition) is 1. The highest BCUT2D eigenvalue weighted by Crippen LogP contribution is 2.36. The van der Waals surface area contributed by atoms with Gasteiger partial charge in [0.25, 0.3) is 5.91 Å². The van der Waals surface area contributed by atoms with Gasteiger partial charge in [-0.3, -0.25) is 9.78 Å². The zero-order valence-electron chi connectivity index (χ0n) is 18.5. The molecule has 6 nitrogen and oxygen atoms in total. The van der Waals surface area contributed by atoms with E-state index >= 15 is 0 Å². The number of pyridine rings is 2. The maximum Gasteiger partial charge on any atom is 0.255 e. The summed E-state index contributed by atoms with van der Waals surface area (Å²) in [5.41, 5.74) is 11.2. The van der Waals surface area contributed by atoms with Crippen molar-refractivity contribution in [1.82, 2.24) is 19.8 Å². The minimum absolute atomic E-state index is 0.00997. The molecule has 0 atom stereocenters. The van der Waals surface area contributed by atoms with Crippen molar-refractivity contribution in [1.29, 1.82) is 0 Å². The fourth-order valence-corrected chi connectivity index (χ4v) is 4.44. The standard InChI is InChI=1S/C25H28ClN5O/c1-3-22-24(18-6-8-23(27)29-16-18)19(9-10-28-22)17-5-7-20(21(26)15-17)25(32)31-13-11-30(4-2)12-14-31/h5-10,15-16H,3-4,11-14H2,1-2H3,(H2,27,29). The largest absolute Gasteiger partial charge is 0.384 e. The number of nitrogen functional groups attached to an aromatic ring is 1. The molecule has 2 N–H and O–H groups in total. The van der Waals surface area contributed by atoms with E-state index in [1.807, 2.05) is 41.4 Å². The SMILES string of the molecule is CCc1nccc(-c2ccc(C(=O)N3CCN(CC)CC3)c(Cl)c2)c1-c1ccc(N)nc1. The number of halogens is 1. The van der Waals surface area contributed by atoms with E-state index in [2.05, 4.69) is 28.7 Å². The molecule has 0 unspecified atom stereocenters. The van der Waals surface area contributed by atoms with E-state index in [0.29, 0.717) is 16.4 Å². The Hall–Kier alpha value is -2.96. The zero-order valence-corrected chi connectivity index (χ0v) is 19.3. The number of rotatable bonds is 5. The van der Waals surface area contributed by atoms with Gasteiger partial charge in [-0.15, -0.1) is 0 Å². The number of amides is 1. The molecule has 4 rings (SSSR count). The average Bonchev–Trinajstić information content (AvgIpc) is 2.83. The predicted molar refractivity (Wildman–Crippen MR) is 130 cm³/mol. The van der Waals surface area contributed by atoms with Gasteiger partial charge in [-0.05, 0) is 54.4 Å². The van der Waals surface area contributed by atoms with Crippen LogP contribution in [-0.2, 0) is 6.42 Å². The summed E-state index contributed by atoms with van der Waals surface area (Å²) in [4.78, 5) is 26.1. The minimum atomic E-state index is -0.00997. The van der Waals surface area contributed by atoms with Crippen molar-refractivity contribution in [2.24, 2.45) is 0 Å². The summed E-state index contributed by atoms with van der Waals surface area (Å²) in [6.07, 6.45) is 4.36. The van der Waals surface area contributed by atoms with Crippen LogP contribution in [0, 0.1) is 0 Å². The van der Waals surface area contributed by atoms with Crippen molar-refractivity contribution in [2.75, 3.05) is 38.5 Å². The van der Waals surface area contributed by atoms with Crippen LogP contribution < -0.4 is 5.73 Å². The summed E-state index contributed by atoms with van der Waals surface area (Å²) in [6.45, 7) is 8.47. The molecule has 1 fully saturated rings. The Labute approximate surface area is 194 Å². The van der Waals surface area contributed by atoms with Crippen LogP contribution in [0.2, 0.25) is 5.02 Å². The van der Waals surface area contributed by atoms with Crippen molar-refractivity contribution in [2.45, 2.75) is 20.3 Å². The first-order chi connectivity index (χ1) is 15.5. The van der Waals surface area contributed by atoms with Gasteiger partial charge in [-0.1, -0.05) is 31.5 Å². The number of hydrogen-bond acceptors (Lipinski definition) is 5.